The molecule has 1 heterocycles. The van der Waals surface area contributed by atoms with Crippen LogP contribution in [0.2, 0.25) is 0 Å². The summed E-state index contributed by atoms with van der Waals surface area (Å²) in [6.07, 6.45) is 1.81. The highest BCUT2D eigenvalue weighted by Crippen LogP contribution is 2.20. The Hall–Kier alpha value is -1.88. The predicted molar refractivity (Wildman–Crippen MR) is 86.2 cm³/mol. The van der Waals surface area contributed by atoms with Gasteiger partial charge in [-0.15, -0.1) is 0 Å². The van der Waals surface area contributed by atoms with Crippen molar-refractivity contribution in [2.45, 2.75) is 13.5 Å². The first-order valence-corrected chi connectivity index (χ1v) is 7.03. The minimum atomic E-state index is 0.0899. The Morgan fingerprint density at radius 2 is 2.15 bits per heavy atom. The Balaban J connectivity index is 2.18. The lowest BCUT2D eigenvalue weighted by molar-refractivity contribution is 0.895. The first-order chi connectivity index (χ1) is 9.47. The SMILES string of the molecule is Cc1cc(N(C)Cc2cccc(C(=N)N)c2)ncc1Br. The van der Waals surface area contributed by atoms with Crippen LogP contribution in [-0.2, 0) is 6.54 Å². The second-order valence-corrected chi connectivity index (χ2v) is 5.62. The van der Waals surface area contributed by atoms with Crippen LogP contribution < -0.4 is 10.6 Å². The van der Waals surface area contributed by atoms with Gasteiger partial charge in [0.25, 0.3) is 0 Å². The number of nitrogens with zero attached hydrogens (tertiary/aromatic N) is 2. The number of aromatic nitrogens is 1. The lowest BCUT2D eigenvalue weighted by atomic mass is 10.1. The van der Waals surface area contributed by atoms with Crippen LogP contribution in [0.4, 0.5) is 5.82 Å². The number of benzene rings is 1. The molecule has 104 valence electrons. The summed E-state index contributed by atoms with van der Waals surface area (Å²) < 4.78 is 1.01. The van der Waals surface area contributed by atoms with E-state index in [9.17, 15) is 0 Å². The highest BCUT2D eigenvalue weighted by molar-refractivity contribution is 9.10. The van der Waals surface area contributed by atoms with E-state index >= 15 is 0 Å². The Morgan fingerprint density at radius 3 is 2.80 bits per heavy atom. The average molecular weight is 333 g/mol. The number of nitrogens with two attached hydrogens (primary N) is 1. The largest absolute Gasteiger partial charge is 0.384 e. The zero-order valence-electron chi connectivity index (χ0n) is 11.5. The summed E-state index contributed by atoms with van der Waals surface area (Å²) in [5.41, 5.74) is 8.51. The topological polar surface area (TPSA) is 66.0 Å². The van der Waals surface area contributed by atoms with Crippen molar-refractivity contribution in [2.75, 3.05) is 11.9 Å². The highest BCUT2D eigenvalue weighted by atomic mass is 79.9. The maximum absolute atomic E-state index is 7.48. The number of nitrogen functional groups attached to an aromatic ring is 1. The zero-order valence-corrected chi connectivity index (χ0v) is 13.1. The Labute approximate surface area is 127 Å². The molecule has 3 N–H and O–H groups in total. The molecule has 20 heavy (non-hydrogen) atoms. The minimum absolute atomic E-state index is 0.0899. The molecule has 0 aliphatic heterocycles. The van der Waals surface area contributed by atoms with E-state index in [1.54, 1.807) is 0 Å². The van der Waals surface area contributed by atoms with Gasteiger partial charge in [-0.3, -0.25) is 5.41 Å². The number of anilines is 1. The van der Waals surface area contributed by atoms with Crippen molar-refractivity contribution >= 4 is 27.6 Å². The number of amidine groups is 1. The van der Waals surface area contributed by atoms with Gasteiger partial charge in [-0.25, -0.2) is 4.98 Å². The minimum Gasteiger partial charge on any atom is -0.384 e. The molecular weight excluding hydrogens is 316 g/mol. The predicted octanol–water partition coefficient (Wildman–Crippen LogP) is 3.07. The third kappa shape index (κ3) is 3.36. The number of hydrogen-bond donors (Lipinski definition) is 2. The van der Waals surface area contributed by atoms with Crippen LogP contribution in [0.5, 0.6) is 0 Å². The lowest BCUT2D eigenvalue weighted by Gasteiger charge is -2.19. The second kappa shape index (κ2) is 6.05. The van der Waals surface area contributed by atoms with Crippen LogP contribution in [0.15, 0.2) is 41.0 Å². The van der Waals surface area contributed by atoms with E-state index in [4.69, 9.17) is 11.1 Å². The third-order valence-electron chi connectivity index (χ3n) is 3.08. The second-order valence-electron chi connectivity index (χ2n) is 4.76. The van der Waals surface area contributed by atoms with Gasteiger partial charge in [-0.1, -0.05) is 18.2 Å². The van der Waals surface area contributed by atoms with Crippen molar-refractivity contribution in [1.82, 2.24) is 4.98 Å². The molecule has 0 fully saturated rings. The molecule has 0 radical (unpaired) electrons. The van der Waals surface area contributed by atoms with E-state index in [0.29, 0.717) is 0 Å². The van der Waals surface area contributed by atoms with Gasteiger partial charge < -0.3 is 10.6 Å². The van der Waals surface area contributed by atoms with Crippen molar-refractivity contribution in [3.8, 4) is 0 Å². The van der Waals surface area contributed by atoms with Crippen LogP contribution in [0.25, 0.3) is 0 Å². The van der Waals surface area contributed by atoms with Gasteiger partial charge in [-0.05, 0) is 46.1 Å². The molecular formula is C15H17BrN4. The van der Waals surface area contributed by atoms with E-state index in [1.807, 2.05) is 50.5 Å². The number of aryl methyl sites for hydroxylation is 1. The van der Waals surface area contributed by atoms with E-state index in [-0.39, 0.29) is 5.84 Å². The summed E-state index contributed by atoms with van der Waals surface area (Å²) in [5.74, 6) is 1.01. The van der Waals surface area contributed by atoms with Crippen LogP contribution >= 0.6 is 15.9 Å². The van der Waals surface area contributed by atoms with E-state index in [2.05, 4.69) is 25.8 Å². The van der Waals surface area contributed by atoms with Gasteiger partial charge in [0.1, 0.15) is 11.7 Å². The zero-order chi connectivity index (χ0) is 14.7. The maximum Gasteiger partial charge on any atom is 0.128 e. The van der Waals surface area contributed by atoms with Crippen molar-refractivity contribution in [2.24, 2.45) is 5.73 Å². The van der Waals surface area contributed by atoms with Gasteiger partial charge in [0, 0.05) is 29.8 Å². The number of halogens is 1. The molecule has 2 aromatic rings. The molecule has 1 aromatic heterocycles. The monoisotopic (exact) mass is 332 g/mol. The molecule has 0 amide bonds. The van der Waals surface area contributed by atoms with Gasteiger partial charge >= 0.3 is 0 Å². The van der Waals surface area contributed by atoms with E-state index < -0.39 is 0 Å². The van der Waals surface area contributed by atoms with Crippen molar-refractivity contribution in [3.05, 3.63) is 57.7 Å². The van der Waals surface area contributed by atoms with Crippen molar-refractivity contribution in [3.63, 3.8) is 0 Å². The molecule has 0 aliphatic carbocycles. The van der Waals surface area contributed by atoms with Gasteiger partial charge in [0.2, 0.25) is 0 Å². The lowest BCUT2D eigenvalue weighted by Crippen LogP contribution is -2.18. The Morgan fingerprint density at radius 1 is 1.40 bits per heavy atom. The number of rotatable bonds is 4. The number of pyridine rings is 1. The summed E-state index contributed by atoms with van der Waals surface area (Å²) in [5, 5.41) is 7.48. The van der Waals surface area contributed by atoms with Crippen LogP contribution in [-0.4, -0.2) is 17.9 Å². The molecule has 0 bridgehead atoms. The molecule has 1 aromatic carbocycles. The molecule has 2 rings (SSSR count). The highest BCUT2D eigenvalue weighted by Gasteiger charge is 2.06. The summed E-state index contributed by atoms with van der Waals surface area (Å²) in [7, 11) is 2.00. The van der Waals surface area contributed by atoms with Gasteiger partial charge in [-0.2, -0.15) is 0 Å². The third-order valence-corrected chi connectivity index (χ3v) is 3.91. The fourth-order valence-corrected chi connectivity index (χ4v) is 2.14. The molecule has 0 saturated heterocycles. The smallest absolute Gasteiger partial charge is 0.128 e. The van der Waals surface area contributed by atoms with Crippen molar-refractivity contribution < 1.29 is 0 Å². The molecule has 0 unspecified atom stereocenters. The Bertz CT molecular complexity index is 640. The van der Waals surface area contributed by atoms with Crippen LogP contribution in [0.3, 0.4) is 0 Å². The quantitative estimate of drug-likeness (QED) is 0.667. The molecule has 0 spiro atoms. The molecule has 4 nitrogen and oxygen atoms in total. The standard InChI is InChI=1S/C15H17BrN4/c1-10-6-14(19-8-13(10)16)20(2)9-11-4-3-5-12(7-11)15(17)18/h3-8H,9H2,1-2H3,(H3,17,18). The fourth-order valence-electron chi connectivity index (χ4n) is 1.93. The maximum atomic E-state index is 7.48. The average Bonchev–Trinajstić information content (AvgIpc) is 2.42. The first kappa shape index (κ1) is 14.5. The summed E-state index contributed by atoms with van der Waals surface area (Å²) in [4.78, 5) is 6.47. The van der Waals surface area contributed by atoms with Gasteiger partial charge in [0.05, 0.1) is 0 Å². The fraction of sp³-hybridized carbons (Fsp3) is 0.200. The number of hydrogen-bond acceptors (Lipinski definition) is 3. The summed E-state index contributed by atoms with van der Waals surface area (Å²) in [6.45, 7) is 2.76. The van der Waals surface area contributed by atoms with Crippen LogP contribution in [0.1, 0.15) is 16.7 Å². The molecule has 5 heteroatoms. The molecule has 0 aliphatic rings. The Kier molecular flexibility index (Phi) is 4.39. The van der Waals surface area contributed by atoms with Crippen LogP contribution in [0, 0.1) is 12.3 Å². The summed E-state index contributed by atoms with van der Waals surface area (Å²) in [6, 6.07) is 9.76. The number of nitrogens with one attached hydrogen (secondary N) is 1. The summed E-state index contributed by atoms with van der Waals surface area (Å²) >= 11 is 3.45. The van der Waals surface area contributed by atoms with Gasteiger partial charge in [0.15, 0.2) is 0 Å². The van der Waals surface area contributed by atoms with E-state index in [1.165, 1.54) is 0 Å². The first-order valence-electron chi connectivity index (χ1n) is 6.24. The van der Waals surface area contributed by atoms with Crippen molar-refractivity contribution in [1.29, 1.82) is 5.41 Å². The molecule has 0 atom stereocenters. The normalized spacial score (nSPS) is 10.3. The van der Waals surface area contributed by atoms with E-state index in [0.717, 1.165) is 33.5 Å². The molecule has 0 saturated carbocycles.